The Morgan fingerprint density at radius 1 is 1.15 bits per heavy atom. The lowest BCUT2D eigenvalue weighted by molar-refractivity contribution is -0.123. The Labute approximate surface area is 118 Å². The van der Waals surface area contributed by atoms with E-state index in [0.717, 1.165) is 6.54 Å². The van der Waals surface area contributed by atoms with Gasteiger partial charge >= 0.3 is 0 Å². The van der Waals surface area contributed by atoms with E-state index in [1.54, 1.807) is 19.1 Å². The van der Waals surface area contributed by atoms with Crippen LogP contribution in [-0.2, 0) is 4.79 Å². The summed E-state index contributed by atoms with van der Waals surface area (Å²) in [5.74, 6) is -0.0489. The highest BCUT2D eigenvalue weighted by atomic mass is 16.2. The molecule has 2 amide bonds. The summed E-state index contributed by atoms with van der Waals surface area (Å²) in [6.45, 7) is 8.01. The Balaban J connectivity index is 2.59. The number of carbonyl (C=O) groups excluding carboxylic acids is 2. The first-order chi connectivity index (χ1) is 9.43. The van der Waals surface area contributed by atoms with Gasteiger partial charge in [-0.15, -0.1) is 10.2 Å². The van der Waals surface area contributed by atoms with Gasteiger partial charge in [0.25, 0.3) is 5.91 Å². The van der Waals surface area contributed by atoms with Gasteiger partial charge in [-0.05, 0) is 39.8 Å². The van der Waals surface area contributed by atoms with Crippen LogP contribution in [0.3, 0.4) is 0 Å². The zero-order valence-corrected chi connectivity index (χ0v) is 12.2. The molecule has 1 aromatic rings. The zero-order valence-electron chi connectivity index (χ0n) is 12.2. The van der Waals surface area contributed by atoms with Crippen LogP contribution in [0.25, 0.3) is 0 Å². The summed E-state index contributed by atoms with van der Waals surface area (Å²) in [5, 5.41) is 16.0. The van der Waals surface area contributed by atoms with Crippen LogP contribution in [0.5, 0.6) is 0 Å². The van der Waals surface area contributed by atoms with E-state index in [4.69, 9.17) is 0 Å². The summed E-state index contributed by atoms with van der Waals surface area (Å²) in [5.41, 5.74) is 0.177. The number of rotatable bonds is 6. The normalized spacial score (nSPS) is 11.8. The van der Waals surface area contributed by atoms with Gasteiger partial charge in [0.05, 0.1) is 0 Å². The van der Waals surface area contributed by atoms with Gasteiger partial charge in [-0.1, -0.05) is 0 Å². The van der Waals surface area contributed by atoms with E-state index in [0.29, 0.717) is 5.82 Å². The Bertz CT molecular complexity index is 458. The van der Waals surface area contributed by atoms with Crippen LogP contribution in [-0.4, -0.2) is 40.6 Å². The molecule has 0 radical (unpaired) electrons. The van der Waals surface area contributed by atoms with Crippen molar-refractivity contribution in [2.45, 2.75) is 39.8 Å². The maximum absolute atomic E-state index is 11.9. The Morgan fingerprint density at radius 2 is 1.85 bits per heavy atom. The van der Waals surface area contributed by atoms with Gasteiger partial charge < -0.3 is 16.0 Å². The molecule has 0 saturated carbocycles. The Hall–Kier alpha value is -2.18. The number of hydrogen-bond acceptors (Lipinski definition) is 5. The molecule has 110 valence electrons. The maximum Gasteiger partial charge on any atom is 0.272 e. The molecule has 0 aliphatic rings. The Kier molecular flexibility index (Phi) is 5.89. The van der Waals surface area contributed by atoms with Crippen molar-refractivity contribution in [3.8, 4) is 0 Å². The van der Waals surface area contributed by atoms with Crippen LogP contribution in [0.15, 0.2) is 12.1 Å². The number of anilines is 1. The summed E-state index contributed by atoms with van der Waals surface area (Å²) in [7, 11) is 0. The molecule has 0 fully saturated rings. The van der Waals surface area contributed by atoms with Crippen LogP contribution in [0.1, 0.15) is 38.2 Å². The summed E-state index contributed by atoms with van der Waals surface area (Å²) < 4.78 is 0. The quantitative estimate of drug-likeness (QED) is 0.707. The summed E-state index contributed by atoms with van der Waals surface area (Å²) in [4.78, 5) is 23.6. The Morgan fingerprint density at radius 3 is 2.35 bits per heavy atom. The van der Waals surface area contributed by atoms with Crippen molar-refractivity contribution in [3.63, 3.8) is 0 Å². The third-order valence-corrected chi connectivity index (χ3v) is 2.43. The average Bonchev–Trinajstić information content (AvgIpc) is 2.39. The highest BCUT2D eigenvalue weighted by Gasteiger charge is 2.18. The molecule has 0 saturated heterocycles. The van der Waals surface area contributed by atoms with Crippen LogP contribution < -0.4 is 16.0 Å². The summed E-state index contributed by atoms with van der Waals surface area (Å²) in [6, 6.07) is 2.64. The van der Waals surface area contributed by atoms with Crippen LogP contribution >= 0.6 is 0 Å². The molecule has 3 N–H and O–H groups in total. The van der Waals surface area contributed by atoms with E-state index in [9.17, 15) is 9.59 Å². The molecule has 1 heterocycles. The van der Waals surface area contributed by atoms with Gasteiger partial charge in [-0.2, -0.15) is 0 Å². The van der Waals surface area contributed by atoms with Crippen LogP contribution in [0.4, 0.5) is 5.82 Å². The first kappa shape index (κ1) is 15.9. The number of nitrogens with zero attached hydrogens (tertiary/aromatic N) is 2. The van der Waals surface area contributed by atoms with E-state index < -0.39 is 11.9 Å². The van der Waals surface area contributed by atoms with E-state index in [-0.39, 0.29) is 17.6 Å². The molecule has 0 aliphatic heterocycles. The second kappa shape index (κ2) is 7.42. The van der Waals surface area contributed by atoms with Crippen molar-refractivity contribution in [2.75, 3.05) is 11.9 Å². The SMILES string of the molecule is CCNc1ccc(C(=O)NC(C)C(=O)NC(C)C)nn1. The van der Waals surface area contributed by atoms with Gasteiger partial charge in [0.2, 0.25) is 5.91 Å². The number of carbonyl (C=O) groups is 2. The largest absolute Gasteiger partial charge is 0.369 e. The van der Waals surface area contributed by atoms with Gasteiger partial charge in [-0.3, -0.25) is 9.59 Å². The summed E-state index contributed by atoms with van der Waals surface area (Å²) in [6.07, 6.45) is 0. The molecule has 7 heteroatoms. The smallest absolute Gasteiger partial charge is 0.272 e. The zero-order chi connectivity index (χ0) is 15.1. The predicted octanol–water partition coefficient (Wildman–Crippen LogP) is 0.551. The fourth-order valence-electron chi connectivity index (χ4n) is 1.47. The van der Waals surface area contributed by atoms with Crippen LogP contribution in [0, 0.1) is 0 Å². The average molecular weight is 279 g/mol. The molecule has 0 aromatic carbocycles. The molecule has 1 rings (SSSR count). The summed E-state index contributed by atoms with van der Waals surface area (Å²) >= 11 is 0. The molecular weight excluding hydrogens is 258 g/mol. The number of hydrogen-bond donors (Lipinski definition) is 3. The molecule has 0 spiro atoms. The van der Waals surface area contributed by atoms with E-state index in [2.05, 4.69) is 26.1 Å². The lowest BCUT2D eigenvalue weighted by atomic mass is 10.2. The minimum Gasteiger partial charge on any atom is -0.369 e. The van der Waals surface area contributed by atoms with Gasteiger partial charge in [-0.25, -0.2) is 0 Å². The highest BCUT2D eigenvalue weighted by molar-refractivity contribution is 5.95. The monoisotopic (exact) mass is 279 g/mol. The molecule has 1 aromatic heterocycles. The third-order valence-electron chi connectivity index (χ3n) is 2.43. The molecular formula is C13H21N5O2. The fourth-order valence-corrected chi connectivity index (χ4v) is 1.47. The first-order valence-corrected chi connectivity index (χ1v) is 6.62. The number of nitrogens with one attached hydrogen (secondary N) is 3. The molecule has 1 unspecified atom stereocenters. The molecule has 7 nitrogen and oxygen atoms in total. The van der Waals surface area contributed by atoms with Crippen molar-refractivity contribution in [2.24, 2.45) is 0 Å². The van der Waals surface area contributed by atoms with E-state index >= 15 is 0 Å². The highest BCUT2D eigenvalue weighted by Crippen LogP contribution is 2.01. The van der Waals surface area contributed by atoms with Crippen molar-refractivity contribution in [3.05, 3.63) is 17.8 Å². The van der Waals surface area contributed by atoms with Gasteiger partial charge in [0, 0.05) is 12.6 Å². The number of amides is 2. The van der Waals surface area contributed by atoms with Crippen molar-refractivity contribution < 1.29 is 9.59 Å². The fraction of sp³-hybridized carbons (Fsp3) is 0.538. The second-order valence-corrected chi connectivity index (χ2v) is 4.69. The minimum absolute atomic E-state index is 0.0287. The first-order valence-electron chi connectivity index (χ1n) is 6.62. The van der Waals surface area contributed by atoms with Gasteiger partial charge in [0.1, 0.15) is 11.9 Å². The minimum atomic E-state index is -0.625. The molecule has 1 atom stereocenters. The topological polar surface area (TPSA) is 96.0 Å². The van der Waals surface area contributed by atoms with E-state index in [1.807, 2.05) is 20.8 Å². The molecule has 0 aliphatic carbocycles. The maximum atomic E-state index is 11.9. The van der Waals surface area contributed by atoms with Crippen molar-refractivity contribution >= 4 is 17.6 Å². The lowest BCUT2D eigenvalue weighted by Crippen LogP contribution is -2.46. The molecule has 20 heavy (non-hydrogen) atoms. The van der Waals surface area contributed by atoms with E-state index in [1.165, 1.54) is 0 Å². The lowest BCUT2D eigenvalue weighted by Gasteiger charge is -2.15. The van der Waals surface area contributed by atoms with Crippen molar-refractivity contribution in [1.82, 2.24) is 20.8 Å². The molecule has 0 bridgehead atoms. The van der Waals surface area contributed by atoms with Crippen LogP contribution in [0.2, 0.25) is 0 Å². The van der Waals surface area contributed by atoms with Gasteiger partial charge in [0.15, 0.2) is 5.69 Å². The third kappa shape index (κ3) is 4.83. The number of aromatic nitrogens is 2. The standard InChI is InChI=1S/C13H21N5O2/c1-5-14-11-7-6-10(17-18-11)13(20)16-9(4)12(19)15-8(2)3/h6-9H,5H2,1-4H3,(H,14,18)(H,15,19)(H,16,20). The predicted molar refractivity (Wildman–Crippen MR) is 76.4 cm³/mol. The van der Waals surface area contributed by atoms with Crippen molar-refractivity contribution in [1.29, 1.82) is 0 Å². The second-order valence-electron chi connectivity index (χ2n) is 4.69.